The fourth-order valence-electron chi connectivity index (χ4n) is 2.05. The Morgan fingerprint density at radius 2 is 1.90 bits per heavy atom. The van der Waals surface area contributed by atoms with Gasteiger partial charge in [0, 0.05) is 6.54 Å². The number of rotatable bonds is 0. The first-order valence-electron chi connectivity index (χ1n) is 6.20. The Bertz CT molecular complexity index is 651. The van der Waals surface area contributed by atoms with Crippen LogP contribution in [0.5, 0.6) is 11.5 Å². The fourth-order valence-corrected chi connectivity index (χ4v) is 2.05. The first kappa shape index (κ1) is 12.5. The maximum Gasteiger partial charge on any atom is 0.343 e. The van der Waals surface area contributed by atoms with E-state index in [9.17, 15) is 15.0 Å². The quantitative estimate of drug-likeness (QED) is 0.388. The van der Waals surface area contributed by atoms with E-state index < -0.39 is 12.1 Å². The molecule has 2 aliphatic heterocycles. The number of nitrogens with one attached hydrogen (secondary N) is 1. The molecule has 0 aliphatic carbocycles. The SMILES string of the molecule is O=C1Oc2ccc(cc2)C(O)CNc2cc1ccc2O. The van der Waals surface area contributed by atoms with Gasteiger partial charge in [0.25, 0.3) is 0 Å². The van der Waals surface area contributed by atoms with Crippen molar-refractivity contribution in [3.63, 3.8) is 0 Å². The van der Waals surface area contributed by atoms with Gasteiger partial charge in [0.05, 0.1) is 17.4 Å². The molecular formula is C15H13NO4. The second kappa shape index (κ2) is 4.86. The molecule has 4 bridgehead atoms. The summed E-state index contributed by atoms with van der Waals surface area (Å²) in [6.07, 6.45) is -0.720. The Labute approximate surface area is 115 Å². The number of hydrogen-bond donors (Lipinski definition) is 3. The predicted molar refractivity (Wildman–Crippen MR) is 73.0 cm³/mol. The van der Waals surface area contributed by atoms with E-state index in [-0.39, 0.29) is 12.3 Å². The second-order valence-corrected chi connectivity index (χ2v) is 4.59. The van der Waals surface area contributed by atoms with Gasteiger partial charge in [-0.3, -0.25) is 0 Å². The highest BCUT2D eigenvalue weighted by Gasteiger charge is 2.15. The molecule has 1 unspecified atom stereocenters. The van der Waals surface area contributed by atoms with Crippen molar-refractivity contribution in [1.82, 2.24) is 0 Å². The van der Waals surface area contributed by atoms with E-state index in [4.69, 9.17) is 4.74 Å². The summed E-state index contributed by atoms with van der Waals surface area (Å²) in [7, 11) is 0. The summed E-state index contributed by atoms with van der Waals surface area (Å²) >= 11 is 0. The number of fused-ring (bicyclic) bond motifs is 5. The number of esters is 1. The molecule has 0 fully saturated rings. The van der Waals surface area contributed by atoms with E-state index in [0.717, 1.165) is 0 Å². The molecule has 2 aromatic rings. The van der Waals surface area contributed by atoms with Crippen LogP contribution in [0.4, 0.5) is 5.69 Å². The first-order valence-corrected chi connectivity index (χ1v) is 6.20. The Hall–Kier alpha value is -2.53. The average Bonchev–Trinajstić information content (AvgIpc) is 2.45. The summed E-state index contributed by atoms with van der Waals surface area (Å²) < 4.78 is 5.22. The fraction of sp³-hybridized carbons (Fsp3) is 0.133. The highest BCUT2D eigenvalue weighted by molar-refractivity contribution is 5.92. The van der Waals surface area contributed by atoms with Crippen LogP contribution < -0.4 is 10.1 Å². The van der Waals surface area contributed by atoms with Gasteiger partial charge in [-0.1, -0.05) is 12.1 Å². The number of benzene rings is 2. The van der Waals surface area contributed by atoms with Gasteiger partial charge in [-0.25, -0.2) is 4.79 Å². The van der Waals surface area contributed by atoms with Gasteiger partial charge in [0.2, 0.25) is 0 Å². The molecule has 0 saturated carbocycles. The predicted octanol–water partition coefficient (Wildman–Crippen LogP) is 2.07. The topological polar surface area (TPSA) is 78.8 Å². The molecule has 2 aliphatic rings. The van der Waals surface area contributed by atoms with E-state index in [1.165, 1.54) is 18.2 Å². The normalized spacial score (nSPS) is 17.6. The molecule has 5 nitrogen and oxygen atoms in total. The van der Waals surface area contributed by atoms with E-state index in [2.05, 4.69) is 5.32 Å². The molecule has 2 aromatic carbocycles. The number of carbonyl (C=O) groups is 1. The molecule has 2 heterocycles. The van der Waals surface area contributed by atoms with Gasteiger partial charge in [0.1, 0.15) is 11.5 Å². The molecule has 0 saturated heterocycles. The Morgan fingerprint density at radius 1 is 1.15 bits per heavy atom. The summed E-state index contributed by atoms with van der Waals surface area (Å²) in [6.45, 7) is 0.228. The molecule has 20 heavy (non-hydrogen) atoms. The van der Waals surface area contributed by atoms with Crippen LogP contribution >= 0.6 is 0 Å². The third-order valence-corrected chi connectivity index (χ3v) is 3.19. The van der Waals surface area contributed by atoms with Crippen LogP contribution in [-0.4, -0.2) is 22.7 Å². The van der Waals surface area contributed by atoms with E-state index in [1.807, 2.05) is 0 Å². The van der Waals surface area contributed by atoms with Crippen molar-refractivity contribution in [2.45, 2.75) is 6.10 Å². The Balaban J connectivity index is 2.05. The largest absolute Gasteiger partial charge is 0.506 e. The first-order chi connectivity index (χ1) is 9.63. The number of ether oxygens (including phenoxy) is 1. The van der Waals surface area contributed by atoms with E-state index in [1.54, 1.807) is 24.3 Å². The third-order valence-electron chi connectivity index (χ3n) is 3.19. The van der Waals surface area contributed by atoms with Gasteiger partial charge in [-0.15, -0.1) is 0 Å². The summed E-state index contributed by atoms with van der Waals surface area (Å²) in [5.41, 5.74) is 1.41. The number of anilines is 1. The number of phenols is 1. The van der Waals surface area contributed by atoms with Crippen LogP contribution in [0.3, 0.4) is 0 Å². The average molecular weight is 271 g/mol. The van der Waals surface area contributed by atoms with Crippen molar-refractivity contribution in [3.8, 4) is 11.5 Å². The van der Waals surface area contributed by atoms with Crippen molar-refractivity contribution in [2.24, 2.45) is 0 Å². The minimum Gasteiger partial charge on any atom is -0.506 e. The van der Waals surface area contributed by atoms with Gasteiger partial charge in [0.15, 0.2) is 0 Å². The Kier molecular flexibility index (Phi) is 3.04. The molecule has 102 valence electrons. The molecule has 3 N–H and O–H groups in total. The number of carbonyl (C=O) groups excluding carboxylic acids is 1. The molecular weight excluding hydrogens is 258 g/mol. The van der Waals surface area contributed by atoms with Crippen LogP contribution in [0.25, 0.3) is 0 Å². The lowest BCUT2D eigenvalue weighted by atomic mass is 10.1. The lowest BCUT2D eigenvalue weighted by Crippen LogP contribution is -2.15. The van der Waals surface area contributed by atoms with Crippen LogP contribution in [0.15, 0.2) is 42.5 Å². The Morgan fingerprint density at radius 3 is 2.65 bits per heavy atom. The lowest BCUT2D eigenvalue weighted by Gasteiger charge is -2.16. The molecule has 5 heteroatoms. The number of aliphatic hydroxyl groups excluding tert-OH is 1. The minimum atomic E-state index is -0.720. The van der Waals surface area contributed by atoms with Gasteiger partial charge in [-0.2, -0.15) is 0 Å². The van der Waals surface area contributed by atoms with Crippen molar-refractivity contribution in [2.75, 3.05) is 11.9 Å². The summed E-state index contributed by atoms with van der Waals surface area (Å²) in [5, 5.41) is 22.7. The highest BCUT2D eigenvalue weighted by Crippen LogP contribution is 2.27. The van der Waals surface area contributed by atoms with Gasteiger partial charge >= 0.3 is 5.97 Å². The van der Waals surface area contributed by atoms with Crippen LogP contribution in [-0.2, 0) is 0 Å². The van der Waals surface area contributed by atoms with E-state index in [0.29, 0.717) is 22.6 Å². The van der Waals surface area contributed by atoms with Gasteiger partial charge < -0.3 is 20.3 Å². The number of hydrogen-bond acceptors (Lipinski definition) is 5. The standard InChI is InChI=1S/C15H13NO4/c17-13-6-3-10-7-12(13)16-8-14(18)9-1-4-11(5-2-9)20-15(10)19/h1-7,14,16-18H,8H2. The highest BCUT2D eigenvalue weighted by atomic mass is 16.5. The molecule has 0 spiro atoms. The third kappa shape index (κ3) is 2.31. The van der Waals surface area contributed by atoms with E-state index >= 15 is 0 Å². The second-order valence-electron chi connectivity index (χ2n) is 4.59. The van der Waals surface area contributed by atoms with Crippen LogP contribution in [0.1, 0.15) is 22.0 Å². The number of aromatic hydroxyl groups is 1. The minimum absolute atomic E-state index is 0.0136. The van der Waals surface area contributed by atoms with Crippen molar-refractivity contribution in [1.29, 1.82) is 0 Å². The maximum absolute atomic E-state index is 12.0. The zero-order valence-corrected chi connectivity index (χ0v) is 10.5. The van der Waals surface area contributed by atoms with Gasteiger partial charge in [-0.05, 0) is 35.9 Å². The number of phenolic OH excluding ortho intramolecular Hbond substituents is 1. The molecule has 4 rings (SSSR count). The van der Waals surface area contributed by atoms with Crippen molar-refractivity contribution in [3.05, 3.63) is 53.6 Å². The summed E-state index contributed by atoms with van der Waals surface area (Å²) in [5.74, 6) is -0.0734. The monoisotopic (exact) mass is 271 g/mol. The molecule has 1 atom stereocenters. The zero-order valence-electron chi connectivity index (χ0n) is 10.5. The lowest BCUT2D eigenvalue weighted by molar-refractivity contribution is 0.0734. The molecule has 0 aromatic heterocycles. The smallest absolute Gasteiger partial charge is 0.343 e. The summed E-state index contributed by atoms with van der Waals surface area (Å²) in [6, 6.07) is 11.1. The number of aliphatic hydroxyl groups is 1. The van der Waals surface area contributed by atoms with Crippen LogP contribution in [0, 0.1) is 0 Å². The maximum atomic E-state index is 12.0. The van der Waals surface area contributed by atoms with Crippen LogP contribution in [0.2, 0.25) is 0 Å². The zero-order chi connectivity index (χ0) is 14.1. The molecule has 0 radical (unpaired) electrons. The molecule has 0 amide bonds. The van der Waals surface area contributed by atoms with Crippen molar-refractivity contribution >= 4 is 11.7 Å². The van der Waals surface area contributed by atoms with Crippen molar-refractivity contribution < 1.29 is 19.7 Å². The summed E-state index contributed by atoms with van der Waals surface area (Å²) in [4.78, 5) is 12.0.